The van der Waals surface area contributed by atoms with Crippen molar-refractivity contribution in [3.8, 4) is 17.6 Å². The van der Waals surface area contributed by atoms with Crippen molar-refractivity contribution in [3.63, 3.8) is 0 Å². The molecule has 0 unspecified atom stereocenters. The fourth-order valence-corrected chi connectivity index (χ4v) is 2.60. The van der Waals surface area contributed by atoms with E-state index in [1.165, 1.54) is 16.7 Å². The zero-order valence-electron chi connectivity index (χ0n) is 14.1. The minimum atomic E-state index is 0.487. The molecule has 0 saturated carbocycles. The summed E-state index contributed by atoms with van der Waals surface area (Å²) in [5, 5.41) is 0. The molecule has 114 valence electrons. The number of rotatable bonds is 7. The molecule has 0 aliphatic heterocycles. The Bertz CT molecular complexity index is 527. The van der Waals surface area contributed by atoms with Crippen LogP contribution in [0.3, 0.4) is 0 Å². The molecule has 0 heterocycles. The van der Waals surface area contributed by atoms with Gasteiger partial charge in [-0.1, -0.05) is 37.6 Å². The topological polar surface area (TPSA) is 9.23 Å². The Morgan fingerprint density at radius 2 is 2.10 bits per heavy atom. The number of hydrogen-bond acceptors (Lipinski definition) is 1. The summed E-state index contributed by atoms with van der Waals surface area (Å²) in [4.78, 5) is 0. The molecule has 1 heteroatoms. The van der Waals surface area contributed by atoms with Crippen molar-refractivity contribution in [1.82, 2.24) is 0 Å². The third kappa shape index (κ3) is 5.68. The molecule has 0 N–H and O–H groups in total. The van der Waals surface area contributed by atoms with Crippen LogP contribution in [0, 0.1) is 11.8 Å². The van der Waals surface area contributed by atoms with Gasteiger partial charge in [0, 0.05) is 6.42 Å². The molecule has 0 aliphatic carbocycles. The summed E-state index contributed by atoms with van der Waals surface area (Å²) in [5.74, 6) is 7.57. The smallest absolute Gasteiger partial charge is 0.122 e. The van der Waals surface area contributed by atoms with E-state index in [4.69, 9.17) is 4.74 Å². The second kappa shape index (κ2) is 9.29. The van der Waals surface area contributed by atoms with Crippen molar-refractivity contribution in [2.24, 2.45) is 0 Å². The third-order valence-corrected chi connectivity index (χ3v) is 3.68. The van der Waals surface area contributed by atoms with Crippen molar-refractivity contribution < 1.29 is 4.74 Å². The number of aryl methyl sites for hydroxylation is 1. The van der Waals surface area contributed by atoms with Gasteiger partial charge in [-0.05, 0) is 56.2 Å². The van der Waals surface area contributed by atoms with Gasteiger partial charge in [0.25, 0.3) is 0 Å². The quantitative estimate of drug-likeness (QED) is 0.474. The van der Waals surface area contributed by atoms with E-state index in [9.17, 15) is 0 Å². The van der Waals surface area contributed by atoms with Crippen LogP contribution in [0.25, 0.3) is 0 Å². The first-order chi connectivity index (χ1) is 10.1. The number of allylic oxidation sites excluding steroid dienone is 2. The van der Waals surface area contributed by atoms with Gasteiger partial charge in [-0.15, -0.1) is 11.8 Å². The molecule has 1 rings (SSSR count). The van der Waals surface area contributed by atoms with E-state index in [1.54, 1.807) is 7.11 Å². The Morgan fingerprint density at radius 1 is 1.33 bits per heavy atom. The lowest BCUT2D eigenvalue weighted by atomic mass is 9.93. The second-order valence-corrected chi connectivity index (χ2v) is 5.70. The standard InChI is InChI=1S/C20H28O/c1-6-7-8-11-17(4)12-9-13-18-14-10-15-19(21-5)20(18)16(2)3/h10,12,14-16H,8-9,11,13H2,1-5H3. The van der Waals surface area contributed by atoms with Crippen LogP contribution in [0.1, 0.15) is 64.0 Å². The lowest BCUT2D eigenvalue weighted by Gasteiger charge is -2.16. The molecule has 0 bridgehead atoms. The number of hydrogen-bond donors (Lipinski definition) is 0. The Labute approximate surface area is 130 Å². The summed E-state index contributed by atoms with van der Waals surface area (Å²) < 4.78 is 5.51. The summed E-state index contributed by atoms with van der Waals surface area (Å²) in [6.45, 7) is 8.55. The van der Waals surface area contributed by atoms with Gasteiger partial charge in [-0.3, -0.25) is 0 Å². The number of methoxy groups -OCH3 is 1. The van der Waals surface area contributed by atoms with Crippen LogP contribution in [0.4, 0.5) is 0 Å². The molecule has 0 saturated heterocycles. The maximum absolute atomic E-state index is 5.51. The first-order valence-electron chi connectivity index (χ1n) is 7.81. The summed E-state index contributed by atoms with van der Waals surface area (Å²) in [6, 6.07) is 6.38. The Hall–Kier alpha value is -1.68. The highest BCUT2D eigenvalue weighted by Crippen LogP contribution is 2.30. The molecule has 0 amide bonds. The van der Waals surface area contributed by atoms with E-state index in [2.05, 4.69) is 56.9 Å². The van der Waals surface area contributed by atoms with Crippen molar-refractivity contribution in [2.75, 3.05) is 7.11 Å². The monoisotopic (exact) mass is 284 g/mol. The van der Waals surface area contributed by atoms with Gasteiger partial charge in [-0.2, -0.15) is 0 Å². The van der Waals surface area contributed by atoms with E-state index in [0.717, 1.165) is 31.4 Å². The molecule has 0 aromatic heterocycles. The molecule has 0 aliphatic rings. The molecule has 0 fully saturated rings. The normalized spacial score (nSPS) is 11.2. The summed E-state index contributed by atoms with van der Waals surface area (Å²) in [7, 11) is 1.75. The van der Waals surface area contributed by atoms with Crippen molar-refractivity contribution in [3.05, 3.63) is 41.0 Å². The van der Waals surface area contributed by atoms with Gasteiger partial charge >= 0.3 is 0 Å². The van der Waals surface area contributed by atoms with Gasteiger partial charge in [0.2, 0.25) is 0 Å². The fraction of sp³-hybridized carbons (Fsp3) is 0.500. The predicted octanol–water partition coefficient (Wildman–Crippen LogP) is 5.50. The average Bonchev–Trinajstić information content (AvgIpc) is 2.47. The molecule has 21 heavy (non-hydrogen) atoms. The Kier molecular flexibility index (Phi) is 7.69. The van der Waals surface area contributed by atoms with Crippen LogP contribution in [-0.4, -0.2) is 7.11 Å². The Morgan fingerprint density at radius 3 is 2.71 bits per heavy atom. The molecule has 0 atom stereocenters. The van der Waals surface area contributed by atoms with Gasteiger partial charge < -0.3 is 4.74 Å². The van der Waals surface area contributed by atoms with E-state index >= 15 is 0 Å². The summed E-state index contributed by atoms with van der Waals surface area (Å²) >= 11 is 0. The van der Waals surface area contributed by atoms with Crippen LogP contribution < -0.4 is 4.74 Å². The first kappa shape index (κ1) is 17.4. The van der Waals surface area contributed by atoms with Gasteiger partial charge in [-0.25, -0.2) is 0 Å². The highest BCUT2D eigenvalue weighted by Gasteiger charge is 2.11. The highest BCUT2D eigenvalue weighted by molar-refractivity contribution is 5.42. The molecule has 1 nitrogen and oxygen atoms in total. The van der Waals surface area contributed by atoms with Crippen LogP contribution in [0.2, 0.25) is 0 Å². The van der Waals surface area contributed by atoms with Crippen molar-refractivity contribution in [1.29, 1.82) is 0 Å². The maximum Gasteiger partial charge on any atom is 0.122 e. The van der Waals surface area contributed by atoms with Gasteiger partial charge in [0.15, 0.2) is 0 Å². The van der Waals surface area contributed by atoms with Gasteiger partial charge in [0.1, 0.15) is 5.75 Å². The minimum absolute atomic E-state index is 0.487. The van der Waals surface area contributed by atoms with Crippen LogP contribution in [-0.2, 0) is 6.42 Å². The van der Waals surface area contributed by atoms with E-state index < -0.39 is 0 Å². The fourth-order valence-electron chi connectivity index (χ4n) is 2.60. The number of ether oxygens (including phenoxy) is 1. The van der Waals surface area contributed by atoms with Crippen LogP contribution >= 0.6 is 0 Å². The third-order valence-electron chi connectivity index (χ3n) is 3.68. The zero-order chi connectivity index (χ0) is 15.7. The zero-order valence-corrected chi connectivity index (χ0v) is 14.1. The largest absolute Gasteiger partial charge is 0.496 e. The summed E-state index contributed by atoms with van der Waals surface area (Å²) in [5.41, 5.74) is 4.19. The van der Waals surface area contributed by atoms with E-state index in [-0.39, 0.29) is 0 Å². The van der Waals surface area contributed by atoms with Gasteiger partial charge in [0.05, 0.1) is 7.11 Å². The molecule has 0 radical (unpaired) electrons. The van der Waals surface area contributed by atoms with E-state index in [0.29, 0.717) is 5.92 Å². The molecule has 1 aromatic rings. The summed E-state index contributed by atoms with van der Waals surface area (Å²) in [6.07, 6.45) is 6.55. The van der Waals surface area contributed by atoms with Crippen molar-refractivity contribution >= 4 is 0 Å². The average molecular weight is 284 g/mol. The minimum Gasteiger partial charge on any atom is -0.496 e. The van der Waals surface area contributed by atoms with Crippen LogP contribution in [0.15, 0.2) is 29.8 Å². The molecule has 1 aromatic carbocycles. The Balaban J connectivity index is 2.70. The molecular weight excluding hydrogens is 256 g/mol. The number of benzene rings is 1. The molecule has 0 spiro atoms. The molecular formula is C20H28O. The van der Waals surface area contributed by atoms with Crippen molar-refractivity contribution in [2.45, 2.75) is 59.3 Å². The first-order valence-corrected chi connectivity index (χ1v) is 7.81. The van der Waals surface area contributed by atoms with Crippen LogP contribution in [0.5, 0.6) is 5.75 Å². The highest BCUT2D eigenvalue weighted by atomic mass is 16.5. The maximum atomic E-state index is 5.51. The lowest BCUT2D eigenvalue weighted by Crippen LogP contribution is -2.00. The second-order valence-electron chi connectivity index (χ2n) is 5.70. The SMILES string of the molecule is CC#CCCC(C)=CCCc1cccc(OC)c1C(C)C. The predicted molar refractivity (Wildman–Crippen MR) is 91.8 cm³/mol. The van der Waals surface area contributed by atoms with E-state index in [1.807, 2.05) is 6.92 Å². The lowest BCUT2D eigenvalue weighted by molar-refractivity contribution is 0.406.